The van der Waals surface area contributed by atoms with Crippen LogP contribution in [0.4, 0.5) is 0 Å². The zero-order valence-electron chi connectivity index (χ0n) is 26.2. The first-order valence-electron chi connectivity index (χ1n) is 17.1. The maximum atomic E-state index is 5.04. The van der Waals surface area contributed by atoms with Crippen LogP contribution in [-0.4, -0.2) is 56.9 Å². The van der Waals surface area contributed by atoms with E-state index in [0.717, 1.165) is 36.7 Å². The Morgan fingerprint density at radius 1 is 0.886 bits per heavy atom. The summed E-state index contributed by atoms with van der Waals surface area (Å²) in [6.07, 6.45) is 18.6. The number of hydrogen-bond donors (Lipinski definition) is 2. The van der Waals surface area contributed by atoms with Crippen LogP contribution < -0.4 is 0 Å². The average molecular weight is 605 g/mol. The maximum Gasteiger partial charge on any atom is 0.124 e. The van der Waals surface area contributed by atoms with E-state index in [9.17, 15) is 0 Å². The molecule has 3 aliphatic carbocycles. The molecule has 2 aliphatic heterocycles. The average Bonchev–Trinajstić information content (AvgIpc) is 3.84. The minimum Gasteiger partial charge on any atom is -0.341 e. The van der Waals surface area contributed by atoms with Gasteiger partial charge in [0.05, 0.1) is 39.9 Å². The number of likely N-dealkylation sites (tertiary alicyclic amines) is 2. The van der Waals surface area contributed by atoms with Crippen LogP contribution >= 0.6 is 11.3 Å². The molecule has 0 bridgehead atoms. The van der Waals surface area contributed by atoms with Crippen LogP contribution in [-0.2, 0) is 0 Å². The molecule has 228 valence electrons. The van der Waals surface area contributed by atoms with Crippen molar-refractivity contribution in [1.29, 1.82) is 0 Å². The quantitative estimate of drug-likeness (QED) is 0.239. The molecule has 3 aromatic heterocycles. The molecule has 2 saturated heterocycles. The highest BCUT2D eigenvalue weighted by atomic mass is 32.1. The van der Waals surface area contributed by atoms with Crippen LogP contribution in [0.2, 0.25) is 0 Å². The molecular formula is C37H44N6S. The fourth-order valence-corrected chi connectivity index (χ4v) is 10.5. The van der Waals surface area contributed by atoms with Crippen LogP contribution in [0.15, 0.2) is 53.8 Å². The van der Waals surface area contributed by atoms with Crippen molar-refractivity contribution in [2.24, 2.45) is 5.41 Å². The Morgan fingerprint density at radius 3 is 2.43 bits per heavy atom. The molecule has 9 rings (SSSR count). The molecule has 0 radical (unpaired) electrons. The van der Waals surface area contributed by atoms with Gasteiger partial charge in [0.15, 0.2) is 0 Å². The van der Waals surface area contributed by atoms with E-state index in [0.29, 0.717) is 23.4 Å². The molecule has 2 N–H and O–H groups in total. The molecule has 3 fully saturated rings. The number of imidazole rings is 2. The molecule has 3 atom stereocenters. The number of benzene rings is 1. The summed E-state index contributed by atoms with van der Waals surface area (Å²) in [5.74, 6) is 2.76. The first-order chi connectivity index (χ1) is 21.6. The maximum absolute atomic E-state index is 5.04. The van der Waals surface area contributed by atoms with Crippen molar-refractivity contribution in [1.82, 2.24) is 29.7 Å². The second-order valence-electron chi connectivity index (χ2n) is 14.3. The van der Waals surface area contributed by atoms with Gasteiger partial charge in [-0.25, -0.2) is 9.97 Å². The Hall–Kier alpha value is -3.00. The SMILES string of the molecule is CN1CCCC1c1nc2ccc(C3=CCC(c4ccc(-c5cnc([C@@H]6CCCN6C)[nH]5)s4)C4=C3C3(CCC4)CCC3)cc2[nH]1. The number of hydrogen-bond acceptors (Lipinski definition) is 5. The first kappa shape index (κ1) is 27.3. The van der Waals surface area contributed by atoms with Gasteiger partial charge in [-0.2, -0.15) is 0 Å². The molecule has 1 spiro atoms. The highest BCUT2D eigenvalue weighted by molar-refractivity contribution is 7.15. The molecule has 7 heteroatoms. The van der Waals surface area contributed by atoms with E-state index in [-0.39, 0.29) is 0 Å². The molecule has 5 heterocycles. The largest absolute Gasteiger partial charge is 0.341 e. The number of nitrogens with zero attached hydrogens (tertiary/aromatic N) is 4. The predicted molar refractivity (Wildman–Crippen MR) is 180 cm³/mol. The summed E-state index contributed by atoms with van der Waals surface area (Å²) in [6, 6.07) is 12.6. The van der Waals surface area contributed by atoms with Crippen LogP contribution in [0.25, 0.3) is 27.2 Å². The fraction of sp³-hybridized carbons (Fsp3) is 0.514. The summed E-state index contributed by atoms with van der Waals surface area (Å²) in [5.41, 5.74) is 10.2. The summed E-state index contributed by atoms with van der Waals surface area (Å²) in [4.78, 5) is 25.0. The monoisotopic (exact) mass is 604 g/mol. The van der Waals surface area contributed by atoms with Gasteiger partial charge in [0.25, 0.3) is 0 Å². The number of allylic oxidation sites excluding steroid dienone is 4. The van der Waals surface area contributed by atoms with Gasteiger partial charge in [0.2, 0.25) is 0 Å². The lowest BCUT2D eigenvalue weighted by Crippen LogP contribution is -2.37. The molecule has 6 nitrogen and oxygen atoms in total. The number of rotatable bonds is 5. The predicted octanol–water partition coefficient (Wildman–Crippen LogP) is 8.77. The minimum absolute atomic E-state index is 0.379. The summed E-state index contributed by atoms with van der Waals surface area (Å²) in [6.45, 7) is 2.32. The van der Waals surface area contributed by atoms with Crippen LogP contribution in [0.3, 0.4) is 0 Å². The van der Waals surface area contributed by atoms with Crippen molar-refractivity contribution in [3.8, 4) is 10.6 Å². The van der Waals surface area contributed by atoms with Gasteiger partial charge in [0.1, 0.15) is 11.6 Å². The third-order valence-electron chi connectivity index (χ3n) is 11.8. The molecule has 1 saturated carbocycles. The van der Waals surface area contributed by atoms with E-state index < -0.39 is 0 Å². The van der Waals surface area contributed by atoms with Gasteiger partial charge in [-0.15, -0.1) is 11.3 Å². The Bertz CT molecular complexity index is 1780. The standard InChI is InChI=1S/C37H44N6S/c1-42-19-4-8-30(42)35-38-22-29(41-35)33-15-14-32(44-33)25-12-11-24(34-26(25)7-3-16-37(34)17-6-18-37)23-10-13-27-28(21-23)40-36(39-27)31-9-5-20-43(31)2/h10-11,13-15,21-22,25,30-31H,3-9,12,16-20H2,1-2H3,(H,38,41)(H,39,40)/t25?,30-,31?/m0/s1. The highest BCUT2D eigenvalue weighted by Crippen LogP contribution is 2.62. The van der Waals surface area contributed by atoms with Gasteiger partial charge in [-0.1, -0.05) is 24.1 Å². The lowest BCUT2D eigenvalue weighted by atomic mass is 9.53. The number of fused-ring (bicyclic) bond motifs is 2. The second kappa shape index (κ2) is 10.5. The zero-order chi connectivity index (χ0) is 29.4. The zero-order valence-corrected chi connectivity index (χ0v) is 27.0. The topological polar surface area (TPSA) is 63.8 Å². The Labute approximate surface area is 264 Å². The molecular weight excluding hydrogens is 561 g/mol. The second-order valence-corrected chi connectivity index (χ2v) is 15.4. The van der Waals surface area contributed by atoms with Gasteiger partial charge in [-0.05, 0) is 138 Å². The molecule has 4 aromatic rings. The smallest absolute Gasteiger partial charge is 0.124 e. The van der Waals surface area contributed by atoms with Crippen molar-refractivity contribution in [2.45, 2.75) is 88.6 Å². The molecule has 2 unspecified atom stereocenters. The lowest BCUT2D eigenvalue weighted by molar-refractivity contribution is 0.159. The first-order valence-corrected chi connectivity index (χ1v) is 17.9. The van der Waals surface area contributed by atoms with Crippen molar-refractivity contribution >= 4 is 27.9 Å². The van der Waals surface area contributed by atoms with Crippen LogP contribution in [0, 0.1) is 5.41 Å². The Morgan fingerprint density at radius 2 is 1.68 bits per heavy atom. The molecule has 5 aliphatic rings. The minimum atomic E-state index is 0.379. The Balaban J connectivity index is 1.05. The lowest BCUT2D eigenvalue weighted by Gasteiger charge is -2.51. The third-order valence-corrected chi connectivity index (χ3v) is 13.1. The van der Waals surface area contributed by atoms with Gasteiger partial charge in [0, 0.05) is 10.8 Å². The number of nitrogens with one attached hydrogen (secondary N) is 2. The third kappa shape index (κ3) is 4.33. The summed E-state index contributed by atoms with van der Waals surface area (Å²) in [7, 11) is 4.45. The van der Waals surface area contributed by atoms with E-state index in [2.05, 4.69) is 76.5 Å². The van der Waals surface area contributed by atoms with E-state index in [1.165, 1.54) is 96.3 Å². The van der Waals surface area contributed by atoms with Crippen molar-refractivity contribution < 1.29 is 0 Å². The van der Waals surface area contributed by atoms with Crippen molar-refractivity contribution in [3.05, 3.63) is 75.8 Å². The van der Waals surface area contributed by atoms with E-state index >= 15 is 0 Å². The molecule has 44 heavy (non-hydrogen) atoms. The summed E-state index contributed by atoms with van der Waals surface area (Å²) >= 11 is 1.98. The number of aromatic nitrogens is 4. The van der Waals surface area contributed by atoms with E-state index in [1.54, 1.807) is 11.1 Å². The van der Waals surface area contributed by atoms with Crippen molar-refractivity contribution in [3.63, 3.8) is 0 Å². The molecule has 0 amide bonds. The normalized spacial score (nSPS) is 27.3. The van der Waals surface area contributed by atoms with E-state index in [1.807, 2.05) is 11.3 Å². The summed E-state index contributed by atoms with van der Waals surface area (Å²) < 4.78 is 0. The van der Waals surface area contributed by atoms with Gasteiger partial charge in [-0.3, -0.25) is 9.80 Å². The van der Waals surface area contributed by atoms with Gasteiger partial charge < -0.3 is 9.97 Å². The van der Waals surface area contributed by atoms with Crippen molar-refractivity contribution in [2.75, 3.05) is 27.2 Å². The summed E-state index contributed by atoms with van der Waals surface area (Å²) in [5, 5.41) is 0. The number of thiophene rings is 1. The van der Waals surface area contributed by atoms with E-state index in [4.69, 9.17) is 9.97 Å². The molecule has 1 aromatic carbocycles. The number of aromatic amines is 2. The van der Waals surface area contributed by atoms with Crippen LogP contribution in [0.1, 0.15) is 111 Å². The van der Waals surface area contributed by atoms with Gasteiger partial charge >= 0.3 is 0 Å². The van der Waals surface area contributed by atoms with Crippen LogP contribution in [0.5, 0.6) is 0 Å². The number of H-pyrrole nitrogens is 2. The Kier molecular flexibility index (Phi) is 6.54. The fourth-order valence-electron chi connectivity index (χ4n) is 9.33. The highest BCUT2D eigenvalue weighted by Gasteiger charge is 2.47.